The van der Waals surface area contributed by atoms with Gasteiger partial charge >= 0.3 is 24.4 Å². The molecule has 3 amide bonds. The zero-order chi connectivity index (χ0) is 37.8. The van der Waals surface area contributed by atoms with E-state index in [-0.39, 0.29) is 45.1 Å². The molecule has 0 aliphatic carbocycles. The largest absolute Gasteiger partial charge is 0.459 e. The first-order valence-corrected chi connectivity index (χ1v) is 16.0. The van der Waals surface area contributed by atoms with Gasteiger partial charge in [-0.05, 0) is 66.4 Å². The lowest BCUT2D eigenvalue weighted by molar-refractivity contribution is -0.180. The molecule has 2 N–H and O–H groups in total. The number of esters is 1. The van der Waals surface area contributed by atoms with E-state index in [4.69, 9.17) is 15.2 Å². The van der Waals surface area contributed by atoms with E-state index in [0.717, 1.165) is 9.80 Å². The summed E-state index contributed by atoms with van der Waals surface area (Å²) in [6.45, 7) is -1.71. The summed E-state index contributed by atoms with van der Waals surface area (Å²) in [6.07, 6.45) is -13.5. The van der Waals surface area contributed by atoms with Crippen molar-refractivity contribution in [2.75, 3.05) is 13.1 Å². The molecule has 2 heterocycles. The van der Waals surface area contributed by atoms with Crippen LogP contribution in [0.3, 0.4) is 0 Å². The van der Waals surface area contributed by atoms with Crippen LogP contribution in [0.2, 0.25) is 0 Å². The van der Waals surface area contributed by atoms with Gasteiger partial charge in [0.15, 0.2) is 0 Å². The summed E-state index contributed by atoms with van der Waals surface area (Å²) in [7, 11) is 0. The van der Waals surface area contributed by atoms with Crippen LogP contribution in [-0.2, 0) is 56.0 Å². The number of benzene rings is 3. The molecule has 2 unspecified atom stereocenters. The summed E-state index contributed by atoms with van der Waals surface area (Å²) in [6, 6.07) is 11.5. The summed E-state index contributed by atoms with van der Waals surface area (Å²) in [4.78, 5) is 58.3. The monoisotopic (exact) mass is 738 g/mol. The Hall–Kier alpha value is -5.19. The van der Waals surface area contributed by atoms with Gasteiger partial charge in [-0.2, -0.15) is 26.3 Å². The van der Waals surface area contributed by atoms with Gasteiger partial charge in [-0.25, -0.2) is 14.0 Å². The molecule has 0 aromatic heterocycles. The average Bonchev–Trinajstić information content (AvgIpc) is 3.10. The minimum Gasteiger partial charge on any atom is -0.459 e. The van der Waals surface area contributed by atoms with Crippen LogP contribution in [0.15, 0.2) is 72.8 Å². The van der Waals surface area contributed by atoms with Crippen LogP contribution in [0.1, 0.15) is 47.1 Å². The van der Waals surface area contributed by atoms with Crippen molar-refractivity contribution in [2.24, 2.45) is 5.73 Å². The summed E-state index contributed by atoms with van der Waals surface area (Å²) >= 11 is 0. The number of ether oxygens (including phenoxy) is 2. The van der Waals surface area contributed by atoms with Gasteiger partial charge in [-0.15, -0.1) is 0 Å². The van der Waals surface area contributed by atoms with Crippen molar-refractivity contribution < 1.29 is 59.4 Å². The zero-order valence-corrected chi connectivity index (χ0v) is 27.3. The highest BCUT2D eigenvalue weighted by Gasteiger charge is 2.54. The number of alkyl halides is 6. The fourth-order valence-corrected chi connectivity index (χ4v) is 6.17. The van der Waals surface area contributed by atoms with Crippen molar-refractivity contribution >= 4 is 23.9 Å². The van der Waals surface area contributed by atoms with Crippen LogP contribution in [0.25, 0.3) is 0 Å². The number of hydrogen-bond donors (Lipinski definition) is 1. The topological polar surface area (TPSA) is 122 Å². The molecule has 2 saturated heterocycles. The van der Waals surface area contributed by atoms with Crippen LogP contribution in [0.4, 0.5) is 35.5 Å². The van der Waals surface area contributed by atoms with Gasteiger partial charge in [0.05, 0.1) is 24.1 Å². The lowest BCUT2D eigenvalue weighted by Crippen LogP contribution is -2.74. The highest BCUT2D eigenvalue weighted by Crippen LogP contribution is 2.37. The summed E-state index contributed by atoms with van der Waals surface area (Å²) in [5.74, 6) is -2.80. The van der Waals surface area contributed by atoms with Crippen molar-refractivity contribution in [1.29, 1.82) is 0 Å². The minimum absolute atomic E-state index is 0.0496. The van der Waals surface area contributed by atoms with Gasteiger partial charge in [0.1, 0.15) is 37.3 Å². The Morgan fingerprint density at radius 1 is 0.808 bits per heavy atom. The van der Waals surface area contributed by atoms with E-state index >= 15 is 0 Å². The highest BCUT2D eigenvalue weighted by atomic mass is 19.4. The van der Waals surface area contributed by atoms with Gasteiger partial charge in [-0.1, -0.05) is 42.5 Å². The smallest absolute Gasteiger partial charge is 0.416 e. The molecule has 0 spiro atoms. The number of halogens is 7. The molecule has 0 radical (unpaired) electrons. The number of amides is 3. The first-order chi connectivity index (χ1) is 24.6. The maximum atomic E-state index is 13.9. The van der Waals surface area contributed by atoms with Crippen LogP contribution in [0, 0.1) is 5.82 Å². The van der Waals surface area contributed by atoms with E-state index in [0.29, 0.717) is 23.3 Å². The lowest BCUT2D eigenvalue weighted by Gasteiger charge is -2.53. The molecule has 3 aromatic rings. The van der Waals surface area contributed by atoms with E-state index in [1.807, 2.05) is 0 Å². The Labute approximate surface area is 292 Å². The molecule has 2 fully saturated rings. The van der Waals surface area contributed by atoms with Crippen molar-refractivity contribution in [1.82, 2.24) is 14.7 Å². The molecule has 2 aliphatic heterocycles. The number of carbonyl (C=O) groups is 4. The predicted molar refractivity (Wildman–Crippen MR) is 168 cm³/mol. The summed E-state index contributed by atoms with van der Waals surface area (Å²) in [5, 5.41) is 0. The number of carbonyl (C=O) groups excluding carboxylic acids is 4. The molecule has 0 saturated carbocycles. The molecule has 5 rings (SSSR count). The van der Waals surface area contributed by atoms with Crippen LogP contribution in [0.5, 0.6) is 0 Å². The number of rotatable bonds is 10. The molecular formula is C35H33F7N4O6. The highest BCUT2D eigenvalue weighted by molar-refractivity contribution is 5.94. The summed E-state index contributed by atoms with van der Waals surface area (Å²) in [5.41, 5.74) is 2.85. The van der Waals surface area contributed by atoms with E-state index in [2.05, 4.69) is 0 Å². The fraction of sp³-hybridized carbons (Fsp3) is 0.371. The van der Waals surface area contributed by atoms with Gasteiger partial charge < -0.3 is 25.0 Å². The quantitative estimate of drug-likeness (QED) is 0.212. The lowest BCUT2D eigenvalue weighted by atomic mass is 9.96. The number of nitrogens with two attached hydrogens (primary N) is 1. The molecule has 0 bridgehead atoms. The van der Waals surface area contributed by atoms with Gasteiger partial charge in [-0.3, -0.25) is 14.5 Å². The number of fused-ring (bicyclic) bond motifs is 1. The third-order valence-corrected chi connectivity index (χ3v) is 8.64. The zero-order valence-electron chi connectivity index (χ0n) is 27.3. The third-order valence-electron chi connectivity index (χ3n) is 8.64. The second-order valence-corrected chi connectivity index (χ2v) is 12.3. The Kier molecular flexibility index (Phi) is 11.4. The van der Waals surface area contributed by atoms with E-state index in [1.54, 1.807) is 30.3 Å². The third kappa shape index (κ3) is 8.81. The molecule has 10 nitrogen and oxygen atoms in total. The van der Waals surface area contributed by atoms with E-state index < -0.39 is 90.0 Å². The van der Waals surface area contributed by atoms with E-state index in [9.17, 15) is 49.9 Å². The Bertz CT molecular complexity index is 1740. The van der Waals surface area contributed by atoms with Crippen LogP contribution in [-0.4, -0.2) is 69.9 Å². The number of piperazine rings is 1. The molecular weight excluding hydrogens is 705 g/mol. The van der Waals surface area contributed by atoms with Crippen molar-refractivity contribution in [3.05, 3.63) is 106 Å². The van der Waals surface area contributed by atoms with Crippen molar-refractivity contribution in [3.8, 4) is 0 Å². The first-order valence-electron chi connectivity index (χ1n) is 16.0. The number of hydrogen-bond acceptors (Lipinski definition) is 7. The van der Waals surface area contributed by atoms with Crippen LogP contribution >= 0.6 is 0 Å². The summed E-state index contributed by atoms with van der Waals surface area (Å²) < 4.78 is 106. The molecule has 52 heavy (non-hydrogen) atoms. The van der Waals surface area contributed by atoms with Gasteiger partial charge in [0.2, 0.25) is 11.8 Å². The van der Waals surface area contributed by atoms with Gasteiger partial charge in [0, 0.05) is 6.54 Å². The Balaban J connectivity index is 1.50. The Morgan fingerprint density at radius 2 is 1.42 bits per heavy atom. The predicted octanol–water partition coefficient (Wildman–Crippen LogP) is 5.62. The number of nitrogens with zero attached hydrogens (tertiary/aromatic N) is 3. The maximum Gasteiger partial charge on any atom is 0.416 e. The van der Waals surface area contributed by atoms with Crippen molar-refractivity contribution in [3.63, 3.8) is 0 Å². The fourth-order valence-electron chi connectivity index (χ4n) is 6.17. The Morgan fingerprint density at radius 3 is 2.02 bits per heavy atom. The molecule has 3 aromatic carbocycles. The minimum atomic E-state index is -5.16. The van der Waals surface area contributed by atoms with Crippen molar-refractivity contribution in [2.45, 2.75) is 69.6 Å². The maximum absolute atomic E-state index is 13.9. The van der Waals surface area contributed by atoms with Crippen LogP contribution < -0.4 is 5.73 Å². The average molecular weight is 739 g/mol. The van der Waals surface area contributed by atoms with E-state index in [1.165, 1.54) is 29.2 Å². The molecule has 2 aliphatic rings. The molecule has 17 heteroatoms. The molecule has 3 atom stereocenters. The first kappa shape index (κ1) is 38.1. The second-order valence-electron chi connectivity index (χ2n) is 12.3. The van der Waals surface area contributed by atoms with Gasteiger partial charge in [0.25, 0.3) is 0 Å². The second kappa shape index (κ2) is 15.6. The molecule has 278 valence electrons. The normalized spacial score (nSPS) is 19.4. The SMILES string of the molecule is NCCC[C@H]1C(=O)N(Cc2ccc(F)cc2)CC2N(C(=O)OCc3cc(C(F)(F)F)cc(C(F)(F)F)c3)C(C(=O)OCc3ccccc3)CC(=O)N21. The standard InChI is InChI=1S/C35H33F7N4O6/c36-26-10-8-21(9-11-26)17-44-18-29-45(27(31(44)48)7-4-12-43)30(47)16-28(32(49)51-19-22-5-2-1-3-6-22)46(29)33(50)52-20-23-13-24(34(37,38)39)15-25(14-23)35(40,41)42/h1-3,5-6,8-11,13-15,27-29H,4,7,12,16-20,43H2/t27-,28?,29?/m0/s1.